The van der Waals surface area contributed by atoms with Gasteiger partial charge in [0.15, 0.2) is 11.8 Å². The number of hydrogen-bond donors (Lipinski definition) is 0. The molecular formula is C21H19N3O4. The Kier molecular flexibility index (Phi) is 4.43. The summed E-state index contributed by atoms with van der Waals surface area (Å²) < 4.78 is 6.52. The average molecular weight is 377 g/mol. The highest BCUT2D eigenvalue weighted by atomic mass is 16.5. The molecule has 0 radical (unpaired) electrons. The molecule has 142 valence electrons. The Morgan fingerprint density at radius 2 is 1.75 bits per heavy atom. The second kappa shape index (κ2) is 6.92. The first-order valence-corrected chi connectivity index (χ1v) is 9.03. The molecule has 0 saturated carbocycles. The number of aromatic nitrogens is 2. The molecule has 1 aliphatic heterocycles. The highest BCUT2D eigenvalue weighted by Crippen LogP contribution is 2.28. The van der Waals surface area contributed by atoms with Gasteiger partial charge in [-0.05, 0) is 31.0 Å². The van der Waals surface area contributed by atoms with Crippen molar-refractivity contribution in [3.63, 3.8) is 0 Å². The van der Waals surface area contributed by atoms with Crippen LogP contribution in [0.2, 0.25) is 0 Å². The Labute approximate surface area is 161 Å². The maximum absolute atomic E-state index is 12.8. The lowest BCUT2D eigenvalue weighted by Crippen LogP contribution is -2.39. The van der Waals surface area contributed by atoms with Crippen molar-refractivity contribution in [2.45, 2.75) is 19.4 Å². The fourth-order valence-corrected chi connectivity index (χ4v) is 3.50. The molecule has 0 saturated heterocycles. The van der Waals surface area contributed by atoms with Crippen molar-refractivity contribution < 1.29 is 14.3 Å². The van der Waals surface area contributed by atoms with Crippen LogP contribution in [0, 0.1) is 0 Å². The van der Waals surface area contributed by atoms with Gasteiger partial charge in [-0.2, -0.15) is 5.10 Å². The first-order chi connectivity index (χ1) is 13.5. The largest absolute Gasteiger partial charge is 0.448 e. The van der Waals surface area contributed by atoms with Gasteiger partial charge in [0.1, 0.15) is 0 Å². The smallest absolute Gasteiger partial charge is 0.360 e. The molecule has 2 aromatic carbocycles. The van der Waals surface area contributed by atoms with Gasteiger partial charge in [0.05, 0.1) is 5.39 Å². The number of aryl methyl sites for hydroxylation is 1. The molecule has 0 spiro atoms. The van der Waals surface area contributed by atoms with Gasteiger partial charge in [0.25, 0.3) is 11.5 Å². The van der Waals surface area contributed by atoms with E-state index in [0.29, 0.717) is 17.3 Å². The number of amides is 1. The molecule has 4 rings (SSSR count). The summed E-state index contributed by atoms with van der Waals surface area (Å²) in [5, 5.41) is 4.83. The van der Waals surface area contributed by atoms with Crippen LogP contribution in [0.1, 0.15) is 23.0 Å². The molecule has 1 atom stereocenters. The van der Waals surface area contributed by atoms with E-state index in [4.69, 9.17) is 4.74 Å². The Morgan fingerprint density at radius 1 is 1.07 bits per heavy atom. The molecule has 7 nitrogen and oxygen atoms in total. The Balaban J connectivity index is 1.59. The van der Waals surface area contributed by atoms with E-state index in [0.717, 1.165) is 22.4 Å². The van der Waals surface area contributed by atoms with E-state index in [2.05, 4.69) is 5.10 Å². The van der Waals surface area contributed by atoms with Gasteiger partial charge in [0.2, 0.25) is 0 Å². The summed E-state index contributed by atoms with van der Waals surface area (Å²) in [4.78, 5) is 39.4. The van der Waals surface area contributed by atoms with Crippen molar-refractivity contribution in [2.24, 2.45) is 7.05 Å². The number of para-hydroxylation sites is 1. The van der Waals surface area contributed by atoms with Gasteiger partial charge in [-0.15, -0.1) is 0 Å². The summed E-state index contributed by atoms with van der Waals surface area (Å²) in [5.74, 6) is -1.02. The van der Waals surface area contributed by atoms with E-state index in [9.17, 15) is 14.4 Å². The summed E-state index contributed by atoms with van der Waals surface area (Å²) >= 11 is 0. The minimum Gasteiger partial charge on any atom is -0.448 e. The molecule has 0 bridgehead atoms. The summed E-state index contributed by atoms with van der Waals surface area (Å²) in [5.41, 5.74) is 1.66. The van der Waals surface area contributed by atoms with Gasteiger partial charge in [-0.3, -0.25) is 9.59 Å². The van der Waals surface area contributed by atoms with Crippen LogP contribution >= 0.6 is 0 Å². The molecule has 1 amide bonds. The van der Waals surface area contributed by atoms with Gasteiger partial charge in [-0.25, -0.2) is 9.48 Å². The van der Waals surface area contributed by atoms with Crippen molar-refractivity contribution in [3.05, 3.63) is 70.1 Å². The first-order valence-electron chi connectivity index (χ1n) is 9.03. The third-order valence-electron chi connectivity index (χ3n) is 4.93. The Morgan fingerprint density at radius 3 is 2.54 bits per heavy atom. The van der Waals surface area contributed by atoms with Gasteiger partial charge < -0.3 is 9.64 Å². The fraction of sp³-hybridized carbons (Fsp3) is 0.238. The van der Waals surface area contributed by atoms with Crippen molar-refractivity contribution in [3.8, 4) is 0 Å². The molecule has 0 N–H and O–H groups in total. The lowest BCUT2D eigenvalue weighted by Gasteiger charge is -2.21. The number of carbonyl (C=O) groups excluding carboxylic acids is 2. The number of hydrogen-bond acceptors (Lipinski definition) is 5. The van der Waals surface area contributed by atoms with Gasteiger partial charge in [-0.1, -0.05) is 36.4 Å². The zero-order chi connectivity index (χ0) is 19.8. The highest BCUT2D eigenvalue weighted by Gasteiger charge is 2.30. The van der Waals surface area contributed by atoms with Crippen molar-refractivity contribution in [1.82, 2.24) is 9.78 Å². The van der Waals surface area contributed by atoms with E-state index in [1.165, 1.54) is 7.05 Å². The number of esters is 1. The van der Waals surface area contributed by atoms with Crippen LogP contribution < -0.4 is 10.5 Å². The van der Waals surface area contributed by atoms with Gasteiger partial charge in [0, 0.05) is 24.7 Å². The summed E-state index contributed by atoms with van der Waals surface area (Å²) in [6, 6.07) is 14.4. The SMILES string of the molecule is C[C@H](OC(=O)c1nn(C)c(=O)c2ccccc12)C(=O)N1CCc2ccccc21. The molecular weight excluding hydrogens is 358 g/mol. The lowest BCUT2D eigenvalue weighted by atomic mass is 10.1. The summed E-state index contributed by atoms with van der Waals surface area (Å²) in [6.07, 6.45) is -0.202. The molecule has 7 heteroatoms. The van der Waals surface area contributed by atoms with Crippen LogP contribution in [-0.4, -0.2) is 34.3 Å². The summed E-state index contributed by atoms with van der Waals surface area (Å²) in [6.45, 7) is 2.10. The quantitative estimate of drug-likeness (QED) is 0.653. The van der Waals surface area contributed by atoms with Crippen molar-refractivity contribution in [1.29, 1.82) is 0 Å². The van der Waals surface area contributed by atoms with Crippen LogP contribution in [0.15, 0.2) is 53.3 Å². The molecule has 0 aliphatic carbocycles. The molecule has 0 fully saturated rings. The van der Waals surface area contributed by atoms with Crippen molar-refractivity contribution >= 4 is 28.3 Å². The van der Waals surface area contributed by atoms with E-state index < -0.39 is 12.1 Å². The average Bonchev–Trinajstić information content (AvgIpc) is 3.14. The second-order valence-corrected chi connectivity index (χ2v) is 6.74. The fourth-order valence-electron chi connectivity index (χ4n) is 3.50. The maximum atomic E-state index is 12.8. The van der Waals surface area contributed by atoms with Crippen LogP contribution in [-0.2, 0) is 23.0 Å². The van der Waals surface area contributed by atoms with Crippen LogP contribution in [0.25, 0.3) is 10.8 Å². The number of nitrogens with zero attached hydrogens (tertiary/aromatic N) is 3. The Hall–Kier alpha value is -3.48. The number of anilines is 1. The third kappa shape index (κ3) is 2.94. The van der Waals surface area contributed by atoms with Crippen LogP contribution in [0.4, 0.5) is 5.69 Å². The molecule has 2 heterocycles. The monoisotopic (exact) mass is 377 g/mol. The minimum atomic E-state index is -0.976. The number of ether oxygens (including phenoxy) is 1. The van der Waals surface area contributed by atoms with Crippen LogP contribution in [0.5, 0.6) is 0 Å². The number of rotatable bonds is 3. The zero-order valence-corrected chi connectivity index (χ0v) is 15.6. The molecule has 28 heavy (non-hydrogen) atoms. The van der Waals surface area contributed by atoms with E-state index in [1.807, 2.05) is 24.3 Å². The second-order valence-electron chi connectivity index (χ2n) is 6.74. The zero-order valence-electron chi connectivity index (χ0n) is 15.6. The molecule has 3 aromatic rings. The summed E-state index contributed by atoms with van der Waals surface area (Å²) in [7, 11) is 1.47. The predicted octanol–water partition coefficient (Wildman–Crippen LogP) is 2.07. The number of fused-ring (bicyclic) bond motifs is 2. The predicted molar refractivity (Wildman–Crippen MR) is 104 cm³/mol. The maximum Gasteiger partial charge on any atom is 0.360 e. The standard InChI is InChI=1S/C21H19N3O4/c1-13(19(25)24-12-11-14-7-3-6-10-17(14)24)28-21(27)18-15-8-4-5-9-16(15)20(26)23(2)22-18/h3-10,13H,11-12H2,1-2H3/t13-/m0/s1. The third-order valence-corrected chi connectivity index (χ3v) is 4.93. The number of benzene rings is 2. The van der Waals surface area contributed by atoms with Gasteiger partial charge >= 0.3 is 5.97 Å². The normalized spacial score (nSPS) is 14.0. The minimum absolute atomic E-state index is 0.0131. The number of carbonyl (C=O) groups is 2. The molecule has 1 aromatic heterocycles. The van der Waals surface area contributed by atoms with E-state index >= 15 is 0 Å². The van der Waals surface area contributed by atoms with Crippen molar-refractivity contribution in [2.75, 3.05) is 11.4 Å². The first kappa shape index (κ1) is 17.9. The highest BCUT2D eigenvalue weighted by molar-refractivity contribution is 6.04. The van der Waals surface area contributed by atoms with Crippen LogP contribution in [0.3, 0.4) is 0 Å². The Bertz CT molecular complexity index is 1150. The lowest BCUT2D eigenvalue weighted by molar-refractivity contribution is -0.126. The molecule has 0 unspecified atom stereocenters. The molecule has 1 aliphatic rings. The van der Waals surface area contributed by atoms with E-state index in [1.54, 1.807) is 36.1 Å². The topological polar surface area (TPSA) is 81.5 Å². The van der Waals surface area contributed by atoms with E-state index in [-0.39, 0.29) is 17.2 Å².